The van der Waals surface area contributed by atoms with Crippen molar-refractivity contribution < 1.29 is 14.3 Å². The van der Waals surface area contributed by atoms with Gasteiger partial charge in [0.15, 0.2) is 0 Å². The summed E-state index contributed by atoms with van der Waals surface area (Å²) >= 11 is 1.56. The monoisotopic (exact) mass is 392 g/mol. The number of ether oxygens (including phenoxy) is 1. The van der Waals surface area contributed by atoms with E-state index < -0.39 is 0 Å². The molecule has 6 heteroatoms. The summed E-state index contributed by atoms with van der Waals surface area (Å²) in [6.07, 6.45) is 6.43. The molecule has 1 aliphatic heterocycles. The largest absolute Gasteiger partial charge is 0.462 e. The van der Waals surface area contributed by atoms with E-state index in [0.29, 0.717) is 41.7 Å². The van der Waals surface area contributed by atoms with Crippen LogP contribution < -0.4 is 5.32 Å². The van der Waals surface area contributed by atoms with Crippen molar-refractivity contribution in [3.05, 3.63) is 16.0 Å². The molecule has 0 radical (unpaired) electrons. The third-order valence-electron chi connectivity index (χ3n) is 5.95. The Morgan fingerprint density at radius 3 is 2.56 bits per heavy atom. The quantitative estimate of drug-likeness (QED) is 0.761. The second-order valence-corrected chi connectivity index (χ2v) is 9.23. The van der Waals surface area contributed by atoms with Gasteiger partial charge in [-0.25, -0.2) is 4.79 Å². The number of amides is 1. The zero-order valence-electron chi connectivity index (χ0n) is 17.0. The first-order valence-corrected chi connectivity index (χ1v) is 11.1. The number of carbonyl (C=O) groups is 2. The molecule has 1 N–H and O–H groups in total. The predicted molar refractivity (Wildman–Crippen MR) is 110 cm³/mol. The van der Waals surface area contributed by atoms with Crippen LogP contribution >= 0.6 is 11.3 Å². The number of esters is 1. The molecular weight excluding hydrogens is 360 g/mol. The normalized spacial score (nSPS) is 25.7. The summed E-state index contributed by atoms with van der Waals surface area (Å²) in [4.78, 5) is 28.9. The van der Waals surface area contributed by atoms with Crippen molar-refractivity contribution in [2.75, 3.05) is 18.5 Å². The Labute approximate surface area is 166 Å². The number of carbonyl (C=O) groups excluding carboxylic acids is 2. The number of nitrogens with one attached hydrogen (secondary N) is 1. The van der Waals surface area contributed by atoms with Gasteiger partial charge in [0, 0.05) is 17.0 Å². The number of nitrogens with zero attached hydrogens (tertiary/aromatic N) is 1. The number of piperidine rings is 1. The average molecular weight is 393 g/mol. The maximum Gasteiger partial charge on any atom is 0.341 e. The van der Waals surface area contributed by atoms with Gasteiger partial charge in [-0.05, 0) is 64.4 Å². The Hall–Kier alpha value is -1.40. The van der Waals surface area contributed by atoms with E-state index in [1.54, 1.807) is 11.3 Å². The molecule has 150 valence electrons. The molecule has 27 heavy (non-hydrogen) atoms. The Balaban J connectivity index is 1.79. The number of hydrogen-bond donors (Lipinski definition) is 1. The lowest BCUT2D eigenvalue weighted by Gasteiger charge is -2.38. The Morgan fingerprint density at radius 2 is 1.89 bits per heavy atom. The van der Waals surface area contributed by atoms with E-state index in [0.717, 1.165) is 37.7 Å². The molecule has 1 amide bonds. The average Bonchev–Trinajstić information content (AvgIpc) is 2.95. The van der Waals surface area contributed by atoms with Crippen molar-refractivity contribution in [2.24, 2.45) is 5.92 Å². The minimum atomic E-state index is -0.306. The van der Waals surface area contributed by atoms with Gasteiger partial charge in [0.05, 0.1) is 18.7 Å². The molecule has 1 aromatic rings. The van der Waals surface area contributed by atoms with Crippen molar-refractivity contribution in [2.45, 2.75) is 78.3 Å². The number of likely N-dealkylation sites (tertiary alicyclic amines) is 1. The Bertz CT molecular complexity index is 690. The minimum Gasteiger partial charge on any atom is -0.462 e. The molecule has 3 unspecified atom stereocenters. The predicted octanol–water partition coefficient (Wildman–Crippen LogP) is 4.25. The van der Waals surface area contributed by atoms with Gasteiger partial charge < -0.3 is 10.1 Å². The molecule has 2 aliphatic rings. The topological polar surface area (TPSA) is 58.6 Å². The van der Waals surface area contributed by atoms with Crippen LogP contribution in [0.4, 0.5) is 5.00 Å². The van der Waals surface area contributed by atoms with Crippen molar-refractivity contribution in [3.8, 4) is 0 Å². The fourth-order valence-electron chi connectivity index (χ4n) is 4.38. The molecule has 3 atom stereocenters. The van der Waals surface area contributed by atoms with E-state index in [1.165, 1.54) is 11.3 Å². The number of rotatable bonds is 5. The number of hydrogen-bond acceptors (Lipinski definition) is 5. The molecule has 1 fully saturated rings. The summed E-state index contributed by atoms with van der Waals surface area (Å²) < 4.78 is 5.29. The second kappa shape index (κ2) is 8.74. The van der Waals surface area contributed by atoms with E-state index in [1.807, 2.05) is 6.92 Å². The maximum atomic E-state index is 12.8. The standard InChI is InChI=1S/C21H32N2O3S/c1-5-26-21(25)19-16-10-9-13(2)11-17(16)27-20(19)22-18(24)12-23-14(3)7-6-8-15(23)4/h13-15H,5-12H2,1-4H3,(H,22,24). The Kier molecular flexibility index (Phi) is 6.58. The summed E-state index contributed by atoms with van der Waals surface area (Å²) in [5.74, 6) is 0.275. The zero-order valence-corrected chi connectivity index (χ0v) is 17.8. The van der Waals surface area contributed by atoms with E-state index in [2.05, 4.69) is 31.0 Å². The summed E-state index contributed by atoms with van der Waals surface area (Å²) in [7, 11) is 0. The van der Waals surface area contributed by atoms with Crippen LogP contribution in [-0.2, 0) is 22.4 Å². The lowest BCUT2D eigenvalue weighted by atomic mass is 9.88. The molecule has 2 heterocycles. The molecule has 1 saturated heterocycles. The lowest BCUT2D eigenvalue weighted by Crippen LogP contribution is -2.47. The highest BCUT2D eigenvalue weighted by atomic mass is 32.1. The fraction of sp³-hybridized carbons (Fsp3) is 0.714. The first-order valence-electron chi connectivity index (χ1n) is 10.3. The molecule has 0 saturated carbocycles. The number of fused-ring (bicyclic) bond motifs is 1. The van der Waals surface area contributed by atoms with E-state index in [4.69, 9.17) is 4.74 Å². The van der Waals surface area contributed by atoms with Crippen LogP contribution in [0.3, 0.4) is 0 Å². The smallest absolute Gasteiger partial charge is 0.341 e. The van der Waals surface area contributed by atoms with Crippen LogP contribution in [0, 0.1) is 5.92 Å². The van der Waals surface area contributed by atoms with Gasteiger partial charge in [-0.3, -0.25) is 9.69 Å². The van der Waals surface area contributed by atoms with Crippen molar-refractivity contribution >= 4 is 28.2 Å². The highest BCUT2D eigenvalue weighted by molar-refractivity contribution is 7.17. The van der Waals surface area contributed by atoms with Crippen molar-refractivity contribution in [3.63, 3.8) is 0 Å². The van der Waals surface area contributed by atoms with Crippen LogP contribution in [0.25, 0.3) is 0 Å². The molecule has 3 rings (SSSR count). The zero-order chi connectivity index (χ0) is 19.6. The third-order valence-corrected chi connectivity index (χ3v) is 7.12. The molecule has 0 bridgehead atoms. The molecule has 5 nitrogen and oxygen atoms in total. The highest BCUT2D eigenvalue weighted by Crippen LogP contribution is 2.40. The van der Waals surface area contributed by atoms with Crippen LogP contribution in [0.1, 0.15) is 74.2 Å². The SMILES string of the molecule is CCOC(=O)c1c(NC(=O)CN2C(C)CCCC2C)sc2c1CCC(C)C2. The molecule has 0 spiro atoms. The van der Waals surface area contributed by atoms with Gasteiger partial charge in [-0.1, -0.05) is 13.3 Å². The van der Waals surface area contributed by atoms with E-state index in [9.17, 15) is 9.59 Å². The van der Waals surface area contributed by atoms with Gasteiger partial charge in [0.25, 0.3) is 0 Å². The summed E-state index contributed by atoms with van der Waals surface area (Å²) in [6.45, 7) is 9.16. The first-order chi connectivity index (χ1) is 12.9. The maximum absolute atomic E-state index is 12.8. The van der Waals surface area contributed by atoms with Crippen molar-refractivity contribution in [1.82, 2.24) is 4.90 Å². The highest BCUT2D eigenvalue weighted by Gasteiger charge is 2.31. The van der Waals surface area contributed by atoms with Gasteiger partial charge in [0.1, 0.15) is 5.00 Å². The van der Waals surface area contributed by atoms with Crippen LogP contribution in [0.2, 0.25) is 0 Å². The number of anilines is 1. The number of thiophene rings is 1. The third kappa shape index (κ3) is 4.54. The minimum absolute atomic E-state index is 0.0345. The molecule has 0 aromatic carbocycles. The van der Waals surface area contributed by atoms with Crippen LogP contribution in [0.15, 0.2) is 0 Å². The molecular formula is C21H32N2O3S. The van der Waals surface area contributed by atoms with Gasteiger partial charge >= 0.3 is 5.97 Å². The summed E-state index contributed by atoms with van der Waals surface area (Å²) in [5.41, 5.74) is 1.68. The fourth-order valence-corrected chi connectivity index (χ4v) is 5.79. The van der Waals surface area contributed by atoms with Crippen molar-refractivity contribution in [1.29, 1.82) is 0 Å². The van der Waals surface area contributed by atoms with Gasteiger partial charge in [0.2, 0.25) is 5.91 Å². The van der Waals surface area contributed by atoms with Crippen LogP contribution in [-0.4, -0.2) is 42.0 Å². The summed E-state index contributed by atoms with van der Waals surface area (Å²) in [5, 5.41) is 3.72. The summed E-state index contributed by atoms with van der Waals surface area (Å²) in [6, 6.07) is 0.836. The first kappa shape index (κ1) is 20.3. The molecule has 1 aliphatic carbocycles. The Morgan fingerprint density at radius 1 is 1.19 bits per heavy atom. The molecule has 1 aromatic heterocycles. The van der Waals surface area contributed by atoms with E-state index >= 15 is 0 Å². The van der Waals surface area contributed by atoms with Gasteiger partial charge in [-0.15, -0.1) is 11.3 Å². The van der Waals surface area contributed by atoms with Gasteiger partial charge in [-0.2, -0.15) is 0 Å². The second-order valence-electron chi connectivity index (χ2n) is 8.13. The van der Waals surface area contributed by atoms with E-state index in [-0.39, 0.29) is 11.9 Å². The lowest BCUT2D eigenvalue weighted by molar-refractivity contribution is -0.118. The van der Waals surface area contributed by atoms with Crippen LogP contribution in [0.5, 0.6) is 0 Å².